The van der Waals surface area contributed by atoms with Gasteiger partial charge in [0.15, 0.2) is 0 Å². The maximum atomic E-state index is 13.3. The van der Waals surface area contributed by atoms with E-state index in [9.17, 15) is 19.2 Å². The van der Waals surface area contributed by atoms with E-state index in [1.54, 1.807) is 12.3 Å². The van der Waals surface area contributed by atoms with Gasteiger partial charge in [0.2, 0.25) is 11.8 Å². The second-order valence-electron chi connectivity index (χ2n) is 9.48. The van der Waals surface area contributed by atoms with Gasteiger partial charge in [-0.2, -0.15) is 5.10 Å². The molecule has 0 radical (unpaired) electrons. The number of pyridine rings is 1. The standard InChI is InChI=1S/C25H24N6O5/c32-20-5-4-19(23(33)28-20)31-22-21-17(2-1-3-18(21)24(31)34)15(12-26-22)10-14-11-27-30(13-14)16-6-8-29(9-7-16)25(35)36/h1-3,11-13,16,19H,4-10H2,(H,35,36)(H,28,32,33). The van der Waals surface area contributed by atoms with Crippen molar-refractivity contribution >= 4 is 40.4 Å². The van der Waals surface area contributed by atoms with Crippen LogP contribution in [0.4, 0.5) is 10.6 Å². The summed E-state index contributed by atoms with van der Waals surface area (Å²) in [4.78, 5) is 56.0. The minimum atomic E-state index is -0.885. The van der Waals surface area contributed by atoms with Gasteiger partial charge in [0.05, 0.1) is 17.8 Å². The van der Waals surface area contributed by atoms with E-state index in [0.29, 0.717) is 43.7 Å². The Hall–Kier alpha value is -4.28. The lowest BCUT2D eigenvalue weighted by atomic mass is 10.00. The molecule has 11 nitrogen and oxygen atoms in total. The lowest BCUT2D eigenvalue weighted by Gasteiger charge is -2.30. The van der Waals surface area contributed by atoms with Crippen molar-refractivity contribution in [2.75, 3.05) is 18.0 Å². The number of hydrogen-bond acceptors (Lipinski definition) is 6. The molecule has 2 aromatic heterocycles. The number of imide groups is 1. The molecule has 1 aromatic carbocycles. The van der Waals surface area contributed by atoms with E-state index in [1.807, 2.05) is 29.2 Å². The quantitative estimate of drug-likeness (QED) is 0.537. The first-order chi connectivity index (χ1) is 17.4. The van der Waals surface area contributed by atoms with E-state index in [2.05, 4.69) is 15.4 Å². The molecule has 5 heterocycles. The van der Waals surface area contributed by atoms with Crippen molar-refractivity contribution in [3.63, 3.8) is 0 Å². The molecule has 3 aliphatic rings. The fourth-order valence-corrected chi connectivity index (χ4v) is 5.49. The first-order valence-corrected chi connectivity index (χ1v) is 12.0. The van der Waals surface area contributed by atoms with Crippen LogP contribution in [0.15, 0.2) is 36.8 Å². The van der Waals surface area contributed by atoms with Crippen LogP contribution >= 0.6 is 0 Å². The molecule has 2 N–H and O–H groups in total. The molecule has 3 aromatic rings. The zero-order valence-electron chi connectivity index (χ0n) is 19.4. The van der Waals surface area contributed by atoms with Crippen LogP contribution in [-0.4, -0.2) is 67.7 Å². The summed E-state index contributed by atoms with van der Waals surface area (Å²) < 4.78 is 1.91. The van der Waals surface area contributed by atoms with Crippen LogP contribution in [0.3, 0.4) is 0 Å². The third-order valence-electron chi connectivity index (χ3n) is 7.33. The number of anilines is 1. The van der Waals surface area contributed by atoms with Gasteiger partial charge in [0.1, 0.15) is 11.9 Å². The van der Waals surface area contributed by atoms with Crippen molar-refractivity contribution in [1.82, 2.24) is 25.0 Å². The van der Waals surface area contributed by atoms with E-state index in [4.69, 9.17) is 5.11 Å². The Morgan fingerprint density at radius 1 is 1.11 bits per heavy atom. The Morgan fingerprint density at radius 3 is 2.67 bits per heavy atom. The van der Waals surface area contributed by atoms with Gasteiger partial charge in [-0.3, -0.25) is 29.3 Å². The van der Waals surface area contributed by atoms with Crippen LogP contribution in [0.1, 0.15) is 53.2 Å². The number of carboxylic acid groups (broad SMARTS) is 1. The van der Waals surface area contributed by atoms with Crippen molar-refractivity contribution in [2.24, 2.45) is 0 Å². The van der Waals surface area contributed by atoms with Gasteiger partial charge in [-0.1, -0.05) is 12.1 Å². The second kappa shape index (κ2) is 8.43. The molecule has 6 rings (SSSR count). The molecular weight excluding hydrogens is 464 g/mol. The fraction of sp³-hybridized carbons (Fsp3) is 0.360. The predicted octanol–water partition coefficient (Wildman–Crippen LogP) is 2.10. The van der Waals surface area contributed by atoms with Crippen LogP contribution in [0.25, 0.3) is 10.8 Å². The van der Waals surface area contributed by atoms with E-state index in [-0.39, 0.29) is 30.7 Å². The minimum absolute atomic E-state index is 0.153. The Kier molecular flexibility index (Phi) is 5.20. The van der Waals surface area contributed by atoms with Gasteiger partial charge in [-0.25, -0.2) is 9.78 Å². The van der Waals surface area contributed by atoms with Gasteiger partial charge < -0.3 is 10.0 Å². The average molecular weight is 489 g/mol. The monoisotopic (exact) mass is 488 g/mol. The Bertz CT molecular complexity index is 1420. The van der Waals surface area contributed by atoms with E-state index in [0.717, 1.165) is 21.9 Å². The third-order valence-corrected chi connectivity index (χ3v) is 7.33. The lowest BCUT2D eigenvalue weighted by molar-refractivity contribution is -0.134. The van der Waals surface area contributed by atoms with Crippen molar-refractivity contribution in [3.05, 3.63) is 53.5 Å². The molecule has 184 valence electrons. The number of nitrogens with zero attached hydrogens (tertiary/aromatic N) is 5. The van der Waals surface area contributed by atoms with E-state index < -0.39 is 18.0 Å². The van der Waals surface area contributed by atoms with Gasteiger partial charge in [0.25, 0.3) is 5.91 Å². The van der Waals surface area contributed by atoms with Crippen LogP contribution < -0.4 is 10.2 Å². The summed E-state index contributed by atoms with van der Waals surface area (Å²) in [5, 5.41) is 17.6. The number of carbonyl (C=O) groups is 4. The largest absolute Gasteiger partial charge is 0.465 e. The highest BCUT2D eigenvalue weighted by Gasteiger charge is 2.41. The summed E-state index contributed by atoms with van der Waals surface area (Å²) >= 11 is 0. The topological polar surface area (TPSA) is 138 Å². The van der Waals surface area contributed by atoms with E-state index in [1.165, 1.54) is 9.80 Å². The molecule has 1 atom stereocenters. The molecule has 0 bridgehead atoms. The summed E-state index contributed by atoms with van der Waals surface area (Å²) in [6.45, 7) is 0.984. The number of hydrogen-bond donors (Lipinski definition) is 2. The molecule has 3 aliphatic heterocycles. The molecule has 4 amide bonds. The maximum absolute atomic E-state index is 13.3. The summed E-state index contributed by atoms with van der Waals surface area (Å²) in [6.07, 6.45) is 7.09. The molecule has 0 spiro atoms. The van der Waals surface area contributed by atoms with Gasteiger partial charge >= 0.3 is 6.09 Å². The van der Waals surface area contributed by atoms with Crippen LogP contribution in [0.2, 0.25) is 0 Å². The molecular formula is C25H24N6O5. The highest BCUT2D eigenvalue weighted by atomic mass is 16.4. The molecule has 0 saturated carbocycles. The predicted molar refractivity (Wildman–Crippen MR) is 128 cm³/mol. The van der Waals surface area contributed by atoms with Crippen molar-refractivity contribution in [2.45, 2.75) is 44.2 Å². The van der Waals surface area contributed by atoms with Crippen molar-refractivity contribution < 1.29 is 24.3 Å². The molecule has 0 aliphatic carbocycles. The highest BCUT2D eigenvalue weighted by Crippen LogP contribution is 2.39. The maximum Gasteiger partial charge on any atom is 0.407 e. The summed E-state index contributed by atoms with van der Waals surface area (Å²) in [7, 11) is 0. The van der Waals surface area contributed by atoms with Gasteiger partial charge in [-0.05, 0) is 41.8 Å². The Morgan fingerprint density at radius 2 is 1.92 bits per heavy atom. The zero-order chi connectivity index (χ0) is 25.0. The molecule has 36 heavy (non-hydrogen) atoms. The highest BCUT2D eigenvalue weighted by molar-refractivity contribution is 6.26. The Balaban J connectivity index is 1.27. The second-order valence-corrected chi connectivity index (χ2v) is 9.48. The van der Waals surface area contributed by atoms with Crippen LogP contribution in [0.5, 0.6) is 0 Å². The number of benzene rings is 1. The van der Waals surface area contributed by atoms with Crippen LogP contribution in [-0.2, 0) is 16.0 Å². The van der Waals surface area contributed by atoms with Crippen molar-refractivity contribution in [3.8, 4) is 0 Å². The number of aromatic nitrogens is 3. The molecule has 1 unspecified atom stereocenters. The normalized spacial score (nSPS) is 20.3. The fourth-order valence-electron chi connectivity index (χ4n) is 5.49. The number of nitrogens with one attached hydrogen (secondary N) is 1. The smallest absolute Gasteiger partial charge is 0.407 e. The van der Waals surface area contributed by atoms with Crippen LogP contribution in [0, 0.1) is 0 Å². The van der Waals surface area contributed by atoms with Crippen molar-refractivity contribution in [1.29, 1.82) is 0 Å². The van der Waals surface area contributed by atoms with E-state index >= 15 is 0 Å². The summed E-state index contributed by atoms with van der Waals surface area (Å²) in [5.41, 5.74) is 2.43. The van der Waals surface area contributed by atoms with Gasteiger partial charge in [-0.15, -0.1) is 0 Å². The number of piperidine rings is 2. The number of carbonyl (C=O) groups excluding carboxylic acids is 3. The molecule has 11 heteroatoms. The van der Waals surface area contributed by atoms with Gasteiger partial charge in [0, 0.05) is 43.7 Å². The third kappa shape index (κ3) is 3.58. The number of rotatable bonds is 4. The summed E-state index contributed by atoms with van der Waals surface area (Å²) in [5.74, 6) is -0.644. The zero-order valence-corrected chi connectivity index (χ0v) is 19.4. The minimum Gasteiger partial charge on any atom is -0.465 e. The Labute approximate surface area is 205 Å². The number of likely N-dealkylation sites (tertiary alicyclic amines) is 1. The number of amides is 4. The lowest BCUT2D eigenvalue weighted by Crippen LogP contribution is -2.53. The average Bonchev–Trinajstić information content (AvgIpc) is 3.45. The molecule has 2 saturated heterocycles. The SMILES string of the molecule is O=C1CCC(N2C(=O)c3cccc4c(Cc5cnn(C6CCN(C(=O)O)CC6)c5)cnc2c34)C(=O)N1. The first kappa shape index (κ1) is 22.2. The molecule has 2 fully saturated rings. The first-order valence-electron chi connectivity index (χ1n) is 12.0. The summed E-state index contributed by atoms with van der Waals surface area (Å²) in [6, 6.07) is 4.91.